The Morgan fingerprint density at radius 3 is 1.50 bits per heavy atom. The predicted molar refractivity (Wildman–Crippen MR) is 191 cm³/mol. The van der Waals surface area contributed by atoms with Crippen LogP contribution in [-0.4, -0.2) is 19.1 Å². The molecule has 4 heteroatoms. The van der Waals surface area contributed by atoms with Crippen molar-refractivity contribution in [2.24, 2.45) is 0 Å². The molecule has 0 aliphatic carbocycles. The number of hydrogen-bond donors (Lipinski definition) is 0. The highest BCUT2D eigenvalue weighted by molar-refractivity contribution is 6.37. The largest absolute Gasteiger partial charge is 0.309 e. The van der Waals surface area contributed by atoms with Crippen LogP contribution in [0.2, 0.25) is 0 Å². The highest BCUT2D eigenvalue weighted by Gasteiger charge is 2.25. The lowest BCUT2D eigenvalue weighted by atomic mass is 9.99. The molecule has 0 aliphatic heterocycles. The molecule has 0 spiro atoms. The normalized spacial score (nSPS) is 11.9. The summed E-state index contributed by atoms with van der Waals surface area (Å²) in [6, 6.07) is 55.7. The summed E-state index contributed by atoms with van der Waals surface area (Å²) in [6.07, 6.45) is 0. The van der Waals surface area contributed by atoms with Gasteiger partial charge in [-0.1, -0.05) is 127 Å². The Morgan fingerprint density at radius 1 is 0.370 bits per heavy atom. The van der Waals surface area contributed by atoms with Crippen molar-refractivity contribution in [2.45, 2.75) is 0 Å². The van der Waals surface area contributed by atoms with Gasteiger partial charge in [-0.05, 0) is 30.3 Å². The zero-order chi connectivity index (χ0) is 30.2. The van der Waals surface area contributed by atoms with E-state index in [0.29, 0.717) is 5.95 Å². The first kappa shape index (κ1) is 25.1. The van der Waals surface area contributed by atoms with Crippen LogP contribution in [-0.2, 0) is 0 Å². The fraction of sp³-hybridized carbons (Fsp3) is 0. The molecule has 0 atom stereocenters. The summed E-state index contributed by atoms with van der Waals surface area (Å²) in [7, 11) is 0. The summed E-state index contributed by atoms with van der Waals surface area (Å²) in [5.41, 5.74) is 8.67. The average molecular weight is 587 g/mol. The zero-order valence-electron chi connectivity index (χ0n) is 24.8. The SMILES string of the molecule is c1ccc(-c2nc(-n3c4ccccc4c4c5c6ccccc6n(-c6ccccc6)c5c5ccccc5c43)nc3ccccc23)cc1. The van der Waals surface area contributed by atoms with Crippen LogP contribution < -0.4 is 0 Å². The Balaban J connectivity index is 1.46. The minimum Gasteiger partial charge on any atom is -0.309 e. The molecule has 0 radical (unpaired) electrons. The van der Waals surface area contributed by atoms with Crippen LogP contribution in [0.3, 0.4) is 0 Å². The number of nitrogens with zero attached hydrogens (tertiary/aromatic N) is 4. The van der Waals surface area contributed by atoms with Gasteiger partial charge in [-0.25, -0.2) is 9.97 Å². The molecule has 10 aromatic rings. The molecule has 0 amide bonds. The highest BCUT2D eigenvalue weighted by atomic mass is 15.2. The van der Waals surface area contributed by atoms with Crippen LogP contribution in [0.15, 0.2) is 158 Å². The third-order valence-corrected chi connectivity index (χ3v) is 9.29. The number of fused-ring (bicyclic) bond motifs is 11. The molecule has 3 heterocycles. The molecule has 0 saturated carbocycles. The van der Waals surface area contributed by atoms with Crippen LogP contribution in [0.1, 0.15) is 0 Å². The molecular weight excluding hydrogens is 560 g/mol. The van der Waals surface area contributed by atoms with E-state index >= 15 is 0 Å². The Labute approximate surface area is 264 Å². The van der Waals surface area contributed by atoms with E-state index in [2.05, 4.69) is 161 Å². The molecule has 0 saturated heterocycles. The summed E-state index contributed by atoms with van der Waals surface area (Å²) in [4.78, 5) is 10.6. The van der Waals surface area contributed by atoms with Crippen LogP contribution in [0.4, 0.5) is 0 Å². The van der Waals surface area contributed by atoms with Gasteiger partial charge in [-0.2, -0.15) is 0 Å². The summed E-state index contributed by atoms with van der Waals surface area (Å²) >= 11 is 0. The van der Waals surface area contributed by atoms with Crippen molar-refractivity contribution < 1.29 is 0 Å². The second-order valence-corrected chi connectivity index (χ2v) is 11.8. The van der Waals surface area contributed by atoms with Gasteiger partial charge in [0.2, 0.25) is 5.95 Å². The van der Waals surface area contributed by atoms with Crippen molar-refractivity contribution in [3.63, 3.8) is 0 Å². The van der Waals surface area contributed by atoms with Gasteiger partial charge in [0, 0.05) is 49.0 Å². The van der Waals surface area contributed by atoms with Gasteiger partial charge >= 0.3 is 0 Å². The van der Waals surface area contributed by atoms with Crippen LogP contribution in [0, 0.1) is 0 Å². The van der Waals surface area contributed by atoms with E-state index in [-0.39, 0.29) is 0 Å². The molecule has 0 bridgehead atoms. The first-order valence-corrected chi connectivity index (χ1v) is 15.6. The summed E-state index contributed by atoms with van der Waals surface area (Å²) in [5.74, 6) is 0.667. The third kappa shape index (κ3) is 3.44. The Bertz CT molecular complexity index is 2790. The van der Waals surface area contributed by atoms with E-state index in [4.69, 9.17) is 9.97 Å². The van der Waals surface area contributed by atoms with Crippen molar-refractivity contribution in [1.29, 1.82) is 0 Å². The van der Waals surface area contributed by atoms with Gasteiger partial charge in [0.15, 0.2) is 0 Å². The average Bonchev–Trinajstić information content (AvgIpc) is 3.66. The molecule has 4 nitrogen and oxygen atoms in total. The van der Waals surface area contributed by atoms with Gasteiger partial charge in [-0.15, -0.1) is 0 Å². The smallest absolute Gasteiger partial charge is 0.235 e. The molecule has 3 aromatic heterocycles. The van der Waals surface area contributed by atoms with Gasteiger partial charge < -0.3 is 4.57 Å². The van der Waals surface area contributed by atoms with E-state index in [1.165, 1.54) is 43.4 Å². The summed E-state index contributed by atoms with van der Waals surface area (Å²) in [5, 5.41) is 8.26. The molecule has 7 aromatic carbocycles. The maximum atomic E-state index is 5.36. The van der Waals surface area contributed by atoms with E-state index in [1.54, 1.807) is 0 Å². The maximum Gasteiger partial charge on any atom is 0.235 e. The molecule has 10 rings (SSSR count). The number of para-hydroxylation sites is 4. The molecule has 0 aliphatic rings. The summed E-state index contributed by atoms with van der Waals surface area (Å²) in [6.45, 7) is 0. The van der Waals surface area contributed by atoms with Crippen LogP contribution >= 0.6 is 0 Å². The lowest BCUT2D eigenvalue weighted by molar-refractivity contribution is 1.02. The van der Waals surface area contributed by atoms with E-state index < -0.39 is 0 Å². The molecule has 214 valence electrons. The van der Waals surface area contributed by atoms with Crippen molar-refractivity contribution in [1.82, 2.24) is 19.1 Å². The fourth-order valence-corrected chi connectivity index (χ4v) is 7.43. The number of aromatic nitrogens is 4. The van der Waals surface area contributed by atoms with Gasteiger partial charge in [0.25, 0.3) is 0 Å². The van der Waals surface area contributed by atoms with Crippen LogP contribution in [0.5, 0.6) is 0 Å². The Kier molecular flexibility index (Phi) is 5.25. The van der Waals surface area contributed by atoms with Crippen LogP contribution in [0.25, 0.3) is 88.2 Å². The number of rotatable bonds is 3. The first-order valence-electron chi connectivity index (χ1n) is 15.6. The Hall–Kier alpha value is -6.26. The highest BCUT2D eigenvalue weighted by Crippen LogP contribution is 2.46. The monoisotopic (exact) mass is 586 g/mol. The fourth-order valence-electron chi connectivity index (χ4n) is 7.43. The molecule has 46 heavy (non-hydrogen) atoms. The molecule has 0 fully saturated rings. The second kappa shape index (κ2) is 9.62. The van der Waals surface area contributed by atoms with Gasteiger partial charge in [0.05, 0.1) is 33.3 Å². The Morgan fingerprint density at radius 2 is 0.848 bits per heavy atom. The quantitative estimate of drug-likeness (QED) is 0.206. The van der Waals surface area contributed by atoms with Gasteiger partial charge in [-0.3, -0.25) is 4.57 Å². The number of hydrogen-bond acceptors (Lipinski definition) is 2. The summed E-state index contributed by atoms with van der Waals surface area (Å²) < 4.78 is 4.72. The molecular formula is C42H26N4. The van der Waals surface area contributed by atoms with Crippen molar-refractivity contribution in [3.05, 3.63) is 158 Å². The predicted octanol–water partition coefficient (Wildman–Crippen LogP) is 10.6. The van der Waals surface area contributed by atoms with Crippen molar-refractivity contribution >= 4 is 65.3 Å². The van der Waals surface area contributed by atoms with E-state index in [9.17, 15) is 0 Å². The van der Waals surface area contributed by atoms with E-state index in [0.717, 1.165) is 38.9 Å². The minimum absolute atomic E-state index is 0.667. The lowest BCUT2D eigenvalue weighted by Gasteiger charge is -2.14. The molecule has 0 unspecified atom stereocenters. The lowest BCUT2D eigenvalue weighted by Crippen LogP contribution is -2.04. The standard InChI is InChI=1S/C42H26N4/c1-3-15-27(16-4-1)39-31-21-9-12-24-34(31)43-42(44-39)46-36-26-14-11-23-33(36)38-37-32-22-10-13-25-35(32)45(28-17-5-2-6-18-28)40(37)29-19-7-8-20-30(29)41(38)46/h1-26H. The second-order valence-electron chi connectivity index (χ2n) is 11.8. The zero-order valence-corrected chi connectivity index (χ0v) is 24.8. The molecule has 0 N–H and O–H groups in total. The minimum atomic E-state index is 0.667. The first-order chi connectivity index (χ1) is 22.9. The number of benzene rings is 7. The van der Waals surface area contributed by atoms with Crippen molar-refractivity contribution in [3.8, 4) is 22.9 Å². The topological polar surface area (TPSA) is 35.6 Å². The van der Waals surface area contributed by atoms with E-state index in [1.807, 2.05) is 6.07 Å². The van der Waals surface area contributed by atoms with Crippen molar-refractivity contribution in [2.75, 3.05) is 0 Å². The third-order valence-electron chi connectivity index (χ3n) is 9.29. The maximum absolute atomic E-state index is 5.36. The van der Waals surface area contributed by atoms with Gasteiger partial charge in [0.1, 0.15) is 0 Å².